The number of nitrogens with zero attached hydrogens (tertiary/aromatic N) is 2. The largest absolute Gasteiger partial charge is 0.330 e. The van der Waals surface area contributed by atoms with Gasteiger partial charge < -0.3 is 0 Å². The number of fused-ring (bicyclic) bond motifs is 1. The van der Waals surface area contributed by atoms with E-state index in [1.807, 2.05) is 12.1 Å². The molecule has 2 aromatic rings. The molecule has 0 bridgehead atoms. The van der Waals surface area contributed by atoms with Gasteiger partial charge in [0.2, 0.25) is 0 Å². The van der Waals surface area contributed by atoms with Gasteiger partial charge in [0.1, 0.15) is 11.4 Å². The molecular weight excluding hydrogens is 250 g/mol. The molecule has 0 amide bonds. The maximum Gasteiger partial charge on any atom is 0.330 e. The van der Waals surface area contributed by atoms with Crippen LogP contribution in [0.5, 0.6) is 0 Å². The maximum atomic E-state index is 12.0. The Bertz CT molecular complexity index is 717. The van der Waals surface area contributed by atoms with Gasteiger partial charge in [0.25, 0.3) is 5.56 Å². The van der Waals surface area contributed by atoms with Gasteiger partial charge in [0.05, 0.1) is 11.5 Å². The third kappa shape index (κ3) is 2.22. The zero-order chi connectivity index (χ0) is 13.1. The molecule has 0 radical (unpaired) electrons. The average molecular weight is 263 g/mol. The number of hydrogen-bond acceptors (Lipinski definition) is 4. The molecular formula is C12H13N3O2S. The van der Waals surface area contributed by atoms with Crippen LogP contribution in [0, 0.1) is 11.3 Å². The lowest BCUT2D eigenvalue weighted by Gasteiger charge is -1.97. The number of unbranched alkanes of at least 4 members (excludes halogenated alkanes) is 1. The lowest BCUT2D eigenvalue weighted by atomic mass is 10.2. The van der Waals surface area contributed by atoms with Crippen molar-refractivity contribution in [1.29, 1.82) is 5.26 Å². The fraction of sp³-hybridized carbons (Fsp3) is 0.417. The minimum atomic E-state index is -0.516. The molecule has 5 nitrogen and oxygen atoms in total. The van der Waals surface area contributed by atoms with Crippen molar-refractivity contribution >= 4 is 21.6 Å². The Balaban J connectivity index is 2.57. The van der Waals surface area contributed by atoms with E-state index < -0.39 is 5.69 Å². The van der Waals surface area contributed by atoms with Crippen molar-refractivity contribution in [3.63, 3.8) is 0 Å². The molecule has 0 aromatic carbocycles. The Labute approximate surface area is 107 Å². The Kier molecular flexibility index (Phi) is 3.63. The molecule has 6 heteroatoms. The van der Waals surface area contributed by atoms with E-state index in [0.29, 0.717) is 10.2 Å². The number of nitriles is 1. The maximum absolute atomic E-state index is 12.0. The summed E-state index contributed by atoms with van der Waals surface area (Å²) < 4.78 is 0.929. The molecule has 0 unspecified atom stereocenters. The van der Waals surface area contributed by atoms with Gasteiger partial charge >= 0.3 is 5.69 Å². The summed E-state index contributed by atoms with van der Waals surface area (Å²) in [5, 5.41) is 9.10. The van der Waals surface area contributed by atoms with Crippen LogP contribution in [-0.2, 0) is 13.0 Å². The van der Waals surface area contributed by atoms with Gasteiger partial charge in [-0.15, -0.1) is 11.3 Å². The van der Waals surface area contributed by atoms with E-state index in [1.165, 1.54) is 11.3 Å². The number of hydrogen-bond donors (Lipinski definition) is 1. The summed E-state index contributed by atoms with van der Waals surface area (Å²) >= 11 is 1.44. The predicted molar refractivity (Wildman–Crippen MR) is 70.9 cm³/mol. The first-order valence-corrected chi connectivity index (χ1v) is 6.61. The number of aromatic amines is 1. The fourth-order valence-corrected chi connectivity index (χ4v) is 2.86. The first kappa shape index (κ1) is 12.6. The normalized spacial score (nSPS) is 10.7. The molecule has 2 aromatic heterocycles. The lowest BCUT2D eigenvalue weighted by molar-refractivity contribution is 0.736. The van der Waals surface area contributed by atoms with E-state index in [-0.39, 0.29) is 12.1 Å². The van der Waals surface area contributed by atoms with Gasteiger partial charge in [0.15, 0.2) is 0 Å². The van der Waals surface area contributed by atoms with Gasteiger partial charge in [-0.1, -0.05) is 13.3 Å². The molecule has 0 atom stereocenters. The molecule has 94 valence electrons. The third-order valence-corrected chi connectivity index (χ3v) is 3.84. The molecule has 2 heterocycles. The molecule has 0 spiro atoms. The van der Waals surface area contributed by atoms with Crippen LogP contribution in [0.25, 0.3) is 10.2 Å². The molecule has 0 aliphatic carbocycles. The molecule has 0 saturated heterocycles. The summed E-state index contributed by atoms with van der Waals surface area (Å²) in [5.74, 6) is 0. The highest BCUT2D eigenvalue weighted by molar-refractivity contribution is 7.18. The zero-order valence-corrected chi connectivity index (χ0v) is 10.8. The lowest BCUT2D eigenvalue weighted by Crippen LogP contribution is -2.34. The minimum absolute atomic E-state index is 0.218. The Morgan fingerprint density at radius 3 is 2.94 bits per heavy atom. The Hall–Kier alpha value is -1.87. The number of rotatable bonds is 4. The fourth-order valence-electron chi connectivity index (χ4n) is 1.78. The highest BCUT2D eigenvalue weighted by Crippen LogP contribution is 2.21. The zero-order valence-electron chi connectivity index (χ0n) is 10.0. The van der Waals surface area contributed by atoms with Crippen molar-refractivity contribution in [3.05, 3.63) is 31.8 Å². The number of H-pyrrole nitrogens is 1. The highest BCUT2D eigenvalue weighted by atomic mass is 32.1. The molecule has 0 aliphatic rings. The SMILES string of the molecule is CCCCc1cc2c(=O)n(CC#N)c(=O)[nH]c2s1. The molecule has 1 N–H and O–H groups in total. The molecule has 0 saturated carbocycles. The summed E-state index contributed by atoms with van der Waals surface area (Å²) in [6, 6.07) is 3.64. The van der Waals surface area contributed by atoms with E-state index in [4.69, 9.17) is 5.26 Å². The Morgan fingerprint density at radius 2 is 2.28 bits per heavy atom. The summed E-state index contributed by atoms with van der Waals surface area (Å²) in [7, 11) is 0. The van der Waals surface area contributed by atoms with E-state index in [1.54, 1.807) is 0 Å². The number of nitrogens with one attached hydrogen (secondary N) is 1. The van der Waals surface area contributed by atoms with Crippen LogP contribution in [0.2, 0.25) is 0 Å². The average Bonchev–Trinajstić information content (AvgIpc) is 2.75. The van der Waals surface area contributed by atoms with Crippen molar-refractivity contribution in [1.82, 2.24) is 9.55 Å². The highest BCUT2D eigenvalue weighted by Gasteiger charge is 2.10. The third-order valence-electron chi connectivity index (χ3n) is 2.73. The number of thiophene rings is 1. The van der Waals surface area contributed by atoms with E-state index in [2.05, 4.69) is 11.9 Å². The molecule has 18 heavy (non-hydrogen) atoms. The van der Waals surface area contributed by atoms with Crippen molar-refractivity contribution in [2.75, 3.05) is 0 Å². The van der Waals surface area contributed by atoms with Gasteiger partial charge in [-0.25, -0.2) is 9.36 Å². The smallest absolute Gasteiger partial charge is 0.298 e. The van der Waals surface area contributed by atoms with Crippen LogP contribution in [0.3, 0.4) is 0 Å². The minimum Gasteiger partial charge on any atom is -0.298 e. The first-order chi connectivity index (χ1) is 8.67. The first-order valence-electron chi connectivity index (χ1n) is 5.80. The van der Waals surface area contributed by atoms with Gasteiger partial charge in [-0.2, -0.15) is 5.26 Å². The predicted octanol–water partition coefficient (Wildman–Crippen LogP) is 1.62. The van der Waals surface area contributed by atoms with Crippen molar-refractivity contribution in [2.45, 2.75) is 32.7 Å². The van der Waals surface area contributed by atoms with Crippen LogP contribution in [-0.4, -0.2) is 9.55 Å². The van der Waals surface area contributed by atoms with Crippen molar-refractivity contribution in [3.8, 4) is 6.07 Å². The van der Waals surface area contributed by atoms with Gasteiger partial charge in [-0.05, 0) is 18.9 Å². The van der Waals surface area contributed by atoms with Crippen molar-refractivity contribution in [2.24, 2.45) is 0 Å². The topological polar surface area (TPSA) is 78.7 Å². The number of aromatic nitrogens is 2. The molecule has 0 fully saturated rings. The molecule has 0 aliphatic heterocycles. The quantitative estimate of drug-likeness (QED) is 0.910. The van der Waals surface area contributed by atoms with Crippen LogP contribution in [0.15, 0.2) is 15.7 Å². The molecule has 2 rings (SSSR count). The monoisotopic (exact) mass is 263 g/mol. The van der Waals surface area contributed by atoms with Crippen LogP contribution in [0.4, 0.5) is 0 Å². The standard InChI is InChI=1S/C12H13N3O2S/c1-2-3-4-8-7-9-10(18-8)14-12(17)15(6-5-13)11(9)16/h7H,2-4,6H2,1H3,(H,14,17). The summed E-state index contributed by atoms with van der Waals surface area (Å²) in [4.78, 5) is 28.0. The van der Waals surface area contributed by atoms with Gasteiger partial charge in [0, 0.05) is 4.88 Å². The van der Waals surface area contributed by atoms with Crippen LogP contribution in [0.1, 0.15) is 24.6 Å². The van der Waals surface area contributed by atoms with Crippen LogP contribution < -0.4 is 11.2 Å². The summed E-state index contributed by atoms with van der Waals surface area (Å²) in [5.41, 5.74) is -0.896. The number of aryl methyl sites for hydroxylation is 1. The van der Waals surface area contributed by atoms with Crippen molar-refractivity contribution < 1.29 is 0 Å². The Morgan fingerprint density at radius 1 is 1.50 bits per heavy atom. The second-order valence-corrected chi connectivity index (χ2v) is 5.18. The van der Waals surface area contributed by atoms with E-state index >= 15 is 0 Å². The van der Waals surface area contributed by atoms with E-state index in [9.17, 15) is 9.59 Å². The van der Waals surface area contributed by atoms with E-state index in [0.717, 1.165) is 28.7 Å². The second kappa shape index (κ2) is 5.19. The summed E-state index contributed by atoms with van der Waals surface area (Å²) in [6.45, 7) is 1.89. The van der Waals surface area contributed by atoms with Crippen LogP contribution >= 0.6 is 11.3 Å². The van der Waals surface area contributed by atoms with Gasteiger partial charge in [-0.3, -0.25) is 9.78 Å². The second-order valence-electron chi connectivity index (χ2n) is 4.04. The summed E-state index contributed by atoms with van der Waals surface area (Å²) in [6.07, 6.45) is 3.06.